The van der Waals surface area contributed by atoms with Crippen LogP contribution in [0.4, 0.5) is 0 Å². The van der Waals surface area contributed by atoms with Crippen molar-refractivity contribution in [1.82, 2.24) is 19.6 Å². The molecule has 1 aliphatic rings. The van der Waals surface area contributed by atoms with Crippen LogP contribution < -0.4 is 0 Å². The molecule has 1 fully saturated rings. The van der Waals surface area contributed by atoms with Crippen LogP contribution in [0.25, 0.3) is 0 Å². The molecule has 4 nitrogen and oxygen atoms in total. The lowest BCUT2D eigenvalue weighted by Gasteiger charge is -2.34. The quantitative estimate of drug-likeness (QED) is 0.474. The Labute approximate surface area is 174 Å². The van der Waals surface area contributed by atoms with Crippen LogP contribution in [0.2, 0.25) is 0 Å². The van der Waals surface area contributed by atoms with Crippen LogP contribution in [0, 0.1) is 0 Å². The molecule has 28 heavy (non-hydrogen) atoms. The first-order chi connectivity index (χ1) is 13.7. The summed E-state index contributed by atoms with van der Waals surface area (Å²) in [6, 6.07) is 0. The van der Waals surface area contributed by atoms with E-state index >= 15 is 0 Å². The molecule has 1 aliphatic heterocycles. The van der Waals surface area contributed by atoms with E-state index in [0.29, 0.717) is 0 Å². The fourth-order valence-electron chi connectivity index (χ4n) is 3.57. The Balaban J connectivity index is 2.78. The van der Waals surface area contributed by atoms with Gasteiger partial charge in [0.1, 0.15) is 0 Å². The SMILES string of the molecule is C=CCCN1CCN(CCC=C)CCN(CCC=C)CCN(CCC=C)CC1. The summed E-state index contributed by atoms with van der Waals surface area (Å²) in [6.45, 7) is 29.1. The highest BCUT2D eigenvalue weighted by atomic mass is 15.3. The Kier molecular flexibility index (Phi) is 14.8. The van der Waals surface area contributed by atoms with Gasteiger partial charge in [0, 0.05) is 78.5 Å². The highest BCUT2D eigenvalue weighted by Crippen LogP contribution is 2.04. The summed E-state index contributed by atoms with van der Waals surface area (Å²) >= 11 is 0. The van der Waals surface area contributed by atoms with Crippen molar-refractivity contribution in [2.75, 3.05) is 78.5 Å². The van der Waals surface area contributed by atoms with Gasteiger partial charge in [0.2, 0.25) is 0 Å². The van der Waals surface area contributed by atoms with Gasteiger partial charge in [0.15, 0.2) is 0 Å². The second kappa shape index (κ2) is 16.7. The monoisotopic (exact) mass is 388 g/mol. The molecule has 0 saturated carbocycles. The largest absolute Gasteiger partial charge is 0.300 e. The molecule has 0 spiro atoms. The van der Waals surface area contributed by atoms with E-state index in [-0.39, 0.29) is 0 Å². The second-order valence-corrected chi connectivity index (χ2v) is 7.68. The minimum absolute atomic E-state index is 1.06. The van der Waals surface area contributed by atoms with E-state index in [4.69, 9.17) is 0 Å². The molecular formula is C24H44N4. The predicted octanol–water partition coefficient (Wildman–Crippen LogP) is 3.51. The Morgan fingerprint density at radius 2 is 0.571 bits per heavy atom. The molecule has 4 heteroatoms. The highest BCUT2D eigenvalue weighted by Gasteiger charge is 2.15. The van der Waals surface area contributed by atoms with Crippen molar-refractivity contribution in [2.45, 2.75) is 25.7 Å². The van der Waals surface area contributed by atoms with E-state index in [0.717, 1.165) is 104 Å². The Hall–Kier alpha value is -1.20. The van der Waals surface area contributed by atoms with Crippen LogP contribution in [0.3, 0.4) is 0 Å². The first-order valence-electron chi connectivity index (χ1n) is 11.1. The van der Waals surface area contributed by atoms with Crippen LogP contribution in [-0.4, -0.2) is 98.1 Å². The molecule has 0 aromatic heterocycles. The molecule has 1 rings (SSSR count). The minimum Gasteiger partial charge on any atom is -0.300 e. The number of nitrogens with zero attached hydrogens (tertiary/aromatic N) is 4. The van der Waals surface area contributed by atoms with Crippen molar-refractivity contribution in [3.63, 3.8) is 0 Å². The molecule has 0 aromatic rings. The van der Waals surface area contributed by atoms with Gasteiger partial charge in [-0.15, -0.1) is 26.3 Å². The lowest BCUT2D eigenvalue weighted by Crippen LogP contribution is -2.46. The third-order valence-electron chi connectivity index (χ3n) is 5.53. The van der Waals surface area contributed by atoms with Crippen molar-refractivity contribution in [3.8, 4) is 0 Å². The first-order valence-corrected chi connectivity index (χ1v) is 11.1. The Bertz CT molecular complexity index is 338. The summed E-state index contributed by atoms with van der Waals surface area (Å²) in [7, 11) is 0. The van der Waals surface area contributed by atoms with Crippen molar-refractivity contribution in [3.05, 3.63) is 50.6 Å². The van der Waals surface area contributed by atoms with E-state index in [1.807, 2.05) is 24.3 Å². The molecule has 1 heterocycles. The third-order valence-corrected chi connectivity index (χ3v) is 5.53. The summed E-state index contributed by atoms with van der Waals surface area (Å²) in [5.74, 6) is 0. The Morgan fingerprint density at radius 1 is 0.393 bits per heavy atom. The van der Waals surface area contributed by atoms with Gasteiger partial charge in [0.05, 0.1) is 0 Å². The van der Waals surface area contributed by atoms with Crippen LogP contribution in [0.15, 0.2) is 50.6 Å². The van der Waals surface area contributed by atoms with Gasteiger partial charge in [-0.1, -0.05) is 24.3 Å². The van der Waals surface area contributed by atoms with Gasteiger partial charge in [-0.05, 0) is 25.7 Å². The second-order valence-electron chi connectivity index (χ2n) is 7.68. The van der Waals surface area contributed by atoms with Gasteiger partial charge in [-0.25, -0.2) is 0 Å². The summed E-state index contributed by atoms with van der Waals surface area (Å²) in [6.07, 6.45) is 12.4. The fourth-order valence-corrected chi connectivity index (χ4v) is 3.57. The molecule has 0 aliphatic carbocycles. The summed E-state index contributed by atoms with van der Waals surface area (Å²) in [5, 5.41) is 0. The topological polar surface area (TPSA) is 13.0 Å². The molecule has 0 unspecified atom stereocenters. The summed E-state index contributed by atoms with van der Waals surface area (Å²) < 4.78 is 0. The van der Waals surface area contributed by atoms with Crippen molar-refractivity contribution in [2.24, 2.45) is 0 Å². The summed E-state index contributed by atoms with van der Waals surface area (Å²) in [4.78, 5) is 10.4. The maximum absolute atomic E-state index is 3.91. The lowest BCUT2D eigenvalue weighted by atomic mass is 10.2. The fraction of sp³-hybridized carbons (Fsp3) is 0.667. The maximum Gasteiger partial charge on any atom is 0.0110 e. The molecule has 1 saturated heterocycles. The van der Waals surface area contributed by atoms with Crippen LogP contribution in [0.5, 0.6) is 0 Å². The van der Waals surface area contributed by atoms with Gasteiger partial charge in [-0.2, -0.15) is 0 Å². The maximum atomic E-state index is 3.91. The van der Waals surface area contributed by atoms with Crippen LogP contribution in [-0.2, 0) is 0 Å². The normalized spacial score (nSPS) is 19.4. The highest BCUT2D eigenvalue weighted by molar-refractivity contribution is 4.78. The van der Waals surface area contributed by atoms with E-state index in [1.165, 1.54) is 0 Å². The average molecular weight is 389 g/mol. The van der Waals surface area contributed by atoms with Gasteiger partial charge in [-0.3, -0.25) is 0 Å². The smallest absolute Gasteiger partial charge is 0.0110 e. The van der Waals surface area contributed by atoms with Crippen LogP contribution in [0.1, 0.15) is 25.7 Å². The molecule has 160 valence electrons. The predicted molar refractivity (Wildman–Crippen MR) is 125 cm³/mol. The molecule has 0 aromatic carbocycles. The van der Waals surface area contributed by atoms with Crippen LogP contribution >= 0.6 is 0 Å². The minimum atomic E-state index is 1.06. The van der Waals surface area contributed by atoms with Gasteiger partial charge in [0.25, 0.3) is 0 Å². The lowest BCUT2D eigenvalue weighted by molar-refractivity contribution is 0.136. The number of rotatable bonds is 12. The first kappa shape index (κ1) is 24.8. The Morgan fingerprint density at radius 3 is 0.714 bits per heavy atom. The molecule has 0 N–H and O–H groups in total. The van der Waals surface area contributed by atoms with E-state index in [2.05, 4.69) is 45.9 Å². The number of hydrogen-bond acceptors (Lipinski definition) is 4. The molecule has 0 bridgehead atoms. The van der Waals surface area contributed by atoms with E-state index < -0.39 is 0 Å². The van der Waals surface area contributed by atoms with Crippen molar-refractivity contribution < 1.29 is 0 Å². The average Bonchev–Trinajstić information content (AvgIpc) is 2.71. The van der Waals surface area contributed by atoms with Crippen molar-refractivity contribution in [1.29, 1.82) is 0 Å². The van der Waals surface area contributed by atoms with Crippen molar-refractivity contribution >= 4 is 0 Å². The standard InChI is InChI=1S/C24H44N4/c1-5-9-13-25-17-19-26(14-10-6-2)21-23-28(16-12-8-4)24-22-27(20-18-25)15-11-7-3/h5-8H,1-4,9-24H2. The molecule has 0 atom stereocenters. The van der Waals surface area contributed by atoms with Gasteiger partial charge < -0.3 is 19.6 Å². The number of hydrogen-bond donors (Lipinski definition) is 0. The molecule has 0 radical (unpaired) electrons. The molecule has 0 amide bonds. The van der Waals surface area contributed by atoms with E-state index in [1.54, 1.807) is 0 Å². The molecular weight excluding hydrogens is 344 g/mol. The van der Waals surface area contributed by atoms with Gasteiger partial charge >= 0.3 is 0 Å². The zero-order chi connectivity index (χ0) is 20.5. The summed E-state index contributed by atoms with van der Waals surface area (Å²) in [5.41, 5.74) is 0. The third kappa shape index (κ3) is 11.6. The van der Waals surface area contributed by atoms with E-state index in [9.17, 15) is 0 Å². The zero-order valence-electron chi connectivity index (χ0n) is 18.2. The zero-order valence-corrected chi connectivity index (χ0v) is 18.2.